The van der Waals surface area contributed by atoms with Crippen molar-refractivity contribution in [3.8, 4) is 0 Å². The Balaban J connectivity index is 2.84. The summed E-state index contributed by atoms with van der Waals surface area (Å²) in [5, 5.41) is 8.66. The zero-order chi connectivity index (χ0) is 9.68. The molecule has 0 amide bonds. The summed E-state index contributed by atoms with van der Waals surface area (Å²) in [5.41, 5.74) is 2.10. The van der Waals surface area contributed by atoms with Gasteiger partial charge in [0.25, 0.3) is 0 Å². The predicted octanol–water partition coefficient (Wildman–Crippen LogP) is 2.27. The van der Waals surface area contributed by atoms with E-state index >= 15 is 0 Å². The van der Waals surface area contributed by atoms with E-state index in [2.05, 4.69) is 6.92 Å². The van der Waals surface area contributed by atoms with E-state index in [1.165, 1.54) is 0 Å². The minimum atomic E-state index is -0.761. The van der Waals surface area contributed by atoms with Gasteiger partial charge in [-0.2, -0.15) is 0 Å². The number of carbonyl (C=O) groups is 1. The molecule has 0 atom stereocenters. The summed E-state index contributed by atoms with van der Waals surface area (Å²) >= 11 is 0. The molecule has 70 valence electrons. The second-order valence-corrected chi connectivity index (χ2v) is 3.09. The van der Waals surface area contributed by atoms with Crippen LogP contribution >= 0.6 is 0 Å². The van der Waals surface area contributed by atoms with Crippen LogP contribution in [0.3, 0.4) is 0 Å². The van der Waals surface area contributed by atoms with Gasteiger partial charge in [-0.25, -0.2) is 0 Å². The van der Waals surface area contributed by atoms with Crippen molar-refractivity contribution in [2.45, 2.75) is 26.2 Å². The molecule has 0 aromatic heterocycles. The van der Waals surface area contributed by atoms with Crippen LogP contribution in [0.4, 0.5) is 0 Å². The normalized spacial score (nSPS) is 9.92. The second kappa shape index (κ2) is 4.65. The van der Waals surface area contributed by atoms with E-state index in [9.17, 15) is 4.79 Å². The van der Waals surface area contributed by atoms with E-state index in [-0.39, 0.29) is 6.42 Å². The molecule has 2 heteroatoms. The second-order valence-electron chi connectivity index (χ2n) is 3.09. The number of benzene rings is 1. The first-order chi connectivity index (χ1) is 6.24. The van der Waals surface area contributed by atoms with Gasteiger partial charge in [0.15, 0.2) is 0 Å². The molecular formula is C11H14O2. The van der Waals surface area contributed by atoms with Crippen molar-refractivity contribution in [3.05, 3.63) is 35.4 Å². The molecule has 2 nitrogen and oxygen atoms in total. The Morgan fingerprint density at radius 3 is 2.46 bits per heavy atom. The largest absolute Gasteiger partial charge is 0.481 e. The minimum absolute atomic E-state index is 0.135. The number of carboxylic acids is 1. The van der Waals surface area contributed by atoms with Crippen LogP contribution in [-0.2, 0) is 17.6 Å². The van der Waals surface area contributed by atoms with Crippen LogP contribution in [0.25, 0.3) is 0 Å². The molecule has 0 saturated heterocycles. The van der Waals surface area contributed by atoms with Crippen LogP contribution in [0.15, 0.2) is 24.3 Å². The highest BCUT2D eigenvalue weighted by molar-refractivity contribution is 5.70. The molecule has 0 aliphatic heterocycles. The lowest BCUT2D eigenvalue weighted by molar-refractivity contribution is -0.136. The number of aryl methyl sites for hydroxylation is 1. The van der Waals surface area contributed by atoms with Crippen LogP contribution in [0.2, 0.25) is 0 Å². The highest BCUT2D eigenvalue weighted by Gasteiger charge is 2.04. The molecule has 1 rings (SSSR count). The number of aliphatic carboxylic acids is 1. The molecular weight excluding hydrogens is 164 g/mol. The van der Waals surface area contributed by atoms with Crippen molar-refractivity contribution in [3.63, 3.8) is 0 Å². The summed E-state index contributed by atoms with van der Waals surface area (Å²) in [6.45, 7) is 2.09. The van der Waals surface area contributed by atoms with Gasteiger partial charge in [-0.15, -0.1) is 0 Å². The molecule has 0 spiro atoms. The number of rotatable bonds is 4. The molecule has 1 aromatic rings. The Morgan fingerprint density at radius 2 is 1.92 bits per heavy atom. The molecule has 0 bridgehead atoms. The van der Waals surface area contributed by atoms with E-state index in [1.54, 1.807) is 0 Å². The van der Waals surface area contributed by atoms with E-state index in [0.717, 1.165) is 24.0 Å². The lowest BCUT2D eigenvalue weighted by Gasteiger charge is -2.05. The topological polar surface area (TPSA) is 37.3 Å². The first-order valence-electron chi connectivity index (χ1n) is 4.52. The molecule has 0 aliphatic carbocycles. The molecule has 0 aliphatic rings. The average Bonchev–Trinajstić information content (AvgIpc) is 2.08. The fraction of sp³-hybridized carbons (Fsp3) is 0.364. The standard InChI is InChI=1S/C11H14O2/c1-2-5-9-6-3-4-7-10(9)8-11(12)13/h3-4,6-7H,2,5,8H2,1H3,(H,12,13). The first-order valence-corrected chi connectivity index (χ1v) is 4.52. The van der Waals surface area contributed by atoms with Crippen molar-refractivity contribution < 1.29 is 9.90 Å². The van der Waals surface area contributed by atoms with Gasteiger partial charge in [-0.1, -0.05) is 37.6 Å². The molecule has 0 saturated carbocycles. The van der Waals surface area contributed by atoms with E-state index in [1.807, 2.05) is 24.3 Å². The molecule has 0 unspecified atom stereocenters. The molecule has 13 heavy (non-hydrogen) atoms. The summed E-state index contributed by atoms with van der Waals surface area (Å²) in [6, 6.07) is 7.73. The predicted molar refractivity (Wildman–Crippen MR) is 51.8 cm³/mol. The molecule has 0 fully saturated rings. The Kier molecular flexibility index (Phi) is 3.50. The van der Waals surface area contributed by atoms with Gasteiger partial charge in [0.1, 0.15) is 0 Å². The van der Waals surface area contributed by atoms with Crippen LogP contribution < -0.4 is 0 Å². The van der Waals surface area contributed by atoms with Gasteiger partial charge in [0.2, 0.25) is 0 Å². The minimum Gasteiger partial charge on any atom is -0.481 e. The van der Waals surface area contributed by atoms with E-state index in [0.29, 0.717) is 0 Å². The van der Waals surface area contributed by atoms with Gasteiger partial charge in [0, 0.05) is 0 Å². The van der Waals surface area contributed by atoms with Gasteiger partial charge in [-0.3, -0.25) is 4.79 Å². The SMILES string of the molecule is CCCc1ccccc1CC(=O)O. The van der Waals surface area contributed by atoms with Gasteiger partial charge >= 0.3 is 5.97 Å². The monoisotopic (exact) mass is 178 g/mol. The maximum atomic E-state index is 10.5. The van der Waals surface area contributed by atoms with Crippen molar-refractivity contribution in [2.75, 3.05) is 0 Å². The van der Waals surface area contributed by atoms with Crippen molar-refractivity contribution in [2.24, 2.45) is 0 Å². The Bertz CT molecular complexity index is 292. The smallest absolute Gasteiger partial charge is 0.307 e. The third-order valence-electron chi connectivity index (χ3n) is 1.98. The Morgan fingerprint density at radius 1 is 1.31 bits per heavy atom. The lowest BCUT2D eigenvalue weighted by atomic mass is 10.0. The van der Waals surface area contributed by atoms with Crippen molar-refractivity contribution >= 4 is 5.97 Å². The molecule has 1 N–H and O–H groups in total. The van der Waals surface area contributed by atoms with E-state index < -0.39 is 5.97 Å². The number of hydrogen-bond acceptors (Lipinski definition) is 1. The fourth-order valence-corrected chi connectivity index (χ4v) is 1.41. The van der Waals surface area contributed by atoms with Crippen LogP contribution in [0.1, 0.15) is 24.5 Å². The molecule has 1 aromatic carbocycles. The lowest BCUT2D eigenvalue weighted by Crippen LogP contribution is -2.03. The maximum absolute atomic E-state index is 10.5. The highest BCUT2D eigenvalue weighted by Crippen LogP contribution is 2.11. The average molecular weight is 178 g/mol. The van der Waals surface area contributed by atoms with Gasteiger partial charge < -0.3 is 5.11 Å². The van der Waals surface area contributed by atoms with Gasteiger partial charge in [0.05, 0.1) is 6.42 Å². The Labute approximate surface area is 78.2 Å². The third-order valence-corrected chi connectivity index (χ3v) is 1.98. The maximum Gasteiger partial charge on any atom is 0.307 e. The highest BCUT2D eigenvalue weighted by atomic mass is 16.4. The van der Waals surface area contributed by atoms with Crippen LogP contribution in [-0.4, -0.2) is 11.1 Å². The third kappa shape index (κ3) is 2.90. The number of carboxylic acid groups (broad SMARTS) is 1. The summed E-state index contributed by atoms with van der Waals surface area (Å²) < 4.78 is 0. The summed E-state index contributed by atoms with van der Waals surface area (Å²) in [5.74, 6) is -0.761. The summed E-state index contributed by atoms with van der Waals surface area (Å²) in [4.78, 5) is 10.5. The molecule has 0 radical (unpaired) electrons. The summed E-state index contributed by atoms with van der Waals surface area (Å²) in [7, 11) is 0. The summed E-state index contributed by atoms with van der Waals surface area (Å²) in [6.07, 6.45) is 2.15. The Hall–Kier alpha value is -1.31. The van der Waals surface area contributed by atoms with Gasteiger partial charge in [-0.05, 0) is 17.5 Å². The van der Waals surface area contributed by atoms with Crippen molar-refractivity contribution in [1.29, 1.82) is 0 Å². The fourth-order valence-electron chi connectivity index (χ4n) is 1.41. The van der Waals surface area contributed by atoms with Crippen molar-refractivity contribution in [1.82, 2.24) is 0 Å². The zero-order valence-corrected chi connectivity index (χ0v) is 7.79. The molecule has 0 heterocycles. The van der Waals surface area contributed by atoms with Crippen LogP contribution in [0, 0.1) is 0 Å². The zero-order valence-electron chi connectivity index (χ0n) is 7.79. The van der Waals surface area contributed by atoms with Crippen LogP contribution in [0.5, 0.6) is 0 Å². The van der Waals surface area contributed by atoms with E-state index in [4.69, 9.17) is 5.11 Å². The first kappa shape index (κ1) is 9.78. The number of hydrogen-bond donors (Lipinski definition) is 1. The quantitative estimate of drug-likeness (QED) is 0.767.